The van der Waals surface area contributed by atoms with Crippen molar-refractivity contribution in [2.75, 3.05) is 10.6 Å². The van der Waals surface area contributed by atoms with E-state index in [0.717, 1.165) is 61.9 Å². The summed E-state index contributed by atoms with van der Waals surface area (Å²) in [6, 6.07) is 24.3. The number of carbonyl (C=O) groups excluding carboxylic acids is 2. The highest BCUT2D eigenvalue weighted by Gasteiger charge is 2.33. The molecule has 0 fully saturated rings. The van der Waals surface area contributed by atoms with Crippen molar-refractivity contribution in [2.24, 2.45) is 7.05 Å². The number of halogens is 1. The molecule has 2 aliphatic rings. The van der Waals surface area contributed by atoms with Crippen LogP contribution in [0.2, 0.25) is 0 Å². The molecule has 0 saturated carbocycles. The van der Waals surface area contributed by atoms with Crippen molar-refractivity contribution in [1.29, 1.82) is 0 Å². The monoisotopic (exact) mass is 783 g/mol. The molecule has 2 atom stereocenters. The third-order valence-corrected chi connectivity index (χ3v) is 10.6. The van der Waals surface area contributed by atoms with Gasteiger partial charge in [-0.15, -0.1) is 0 Å². The molecular formula is C47H42FN9O2. The number of rotatable bonds is 10. The van der Waals surface area contributed by atoms with Gasteiger partial charge in [0.2, 0.25) is 0 Å². The van der Waals surface area contributed by atoms with Crippen molar-refractivity contribution in [2.45, 2.75) is 32.5 Å². The molecule has 59 heavy (non-hydrogen) atoms. The number of aryl methyl sites for hydroxylation is 1. The predicted octanol–water partition coefficient (Wildman–Crippen LogP) is 9.49. The van der Waals surface area contributed by atoms with E-state index in [9.17, 15) is 14.0 Å². The molecule has 11 nitrogen and oxygen atoms in total. The van der Waals surface area contributed by atoms with Crippen LogP contribution in [0.15, 0.2) is 163 Å². The minimum atomic E-state index is -0.568. The Morgan fingerprint density at radius 2 is 1.66 bits per heavy atom. The van der Waals surface area contributed by atoms with Crippen LogP contribution in [0.5, 0.6) is 0 Å². The highest BCUT2D eigenvalue weighted by molar-refractivity contribution is 5.95. The van der Waals surface area contributed by atoms with E-state index in [2.05, 4.69) is 44.4 Å². The van der Waals surface area contributed by atoms with Crippen molar-refractivity contribution < 1.29 is 14.0 Å². The summed E-state index contributed by atoms with van der Waals surface area (Å²) in [4.78, 5) is 36.5. The van der Waals surface area contributed by atoms with E-state index in [0.29, 0.717) is 23.0 Å². The van der Waals surface area contributed by atoms with E-state index in [4.69, 9.17) is 5.10 Å². The summed E-state index contributed by atoms with van der Waals surface area (Å²) in [6.07, 6.45) is 12.2. The van der Waals surface area contributed by atoms with Crippen molar-refractivity contribution in [3.63, 3.8) is 0 Å². The molecule has 0 aliphatic heterocycles. The van der Waals surface area contributed by atoms with Crippen LogP contribution < -0.4 is 21.3 Å². The Hall–Kier alpha value is -7.60. The molecule has 0 saturated heterocycles. The molecule has 12 heteroatoms. The fourth-order valence-electron chi connectivity index (χ4n) is 7.90. The molecule has 294 valence electrons. The molecule has 0 bridgehead atoms. The van der Waals surface area contributed by atoms with Gasteiger partial charge in [-0.2, -0.15) is 5.10 Å². The molecule has 2 unspecified atom stereocenters. The van der Waals surface area contributed by atoms with E-state index >= 15 is 0 Å². The number of benzene rings is 3. The van der Waals surface area contributed by atoms with Gasteiger partial charge in [0.1, 0.15) is 17.3 Å². The zero-order valence-corrected chi connectivity index (χ0v) is 32.8. The summed E-state index contributed by atoms with van der Waals surface area (Å²) in [7, 11) is 1.89. The number of hydrogen-bond donors (Lipinski definition) is 4. The van der Waals surface area contributed by atoms with Gasteiger partial charge in [-0.1, -0.05) is 110 Å². The van der Waals surface area contributed by atoms with Crippen molar-refractivity contribution >= 4 is 23.6 Å². The second kappa shape index (κ2) is 16.1. The fourth-order valence-corrected chi connectivity index (χ4v) is 7.90. The molecule has 2 aliphatic carbocycles. The van der Waals surface area contributed by atoms with Gasteiger partial charge in [0.25, 0.3) is 0 Å². The van der Waals surface area contributed by atoms with E-state index in [-0.39, 0.29) is 12.2 Å². The lowest BCUT2D eigenvalue weighted by molar-refractivity contribution is 0.249. The highest BCUT2D eigenvalue weighted by atomic mass is 19.1. The number of imidazole rings is 1. The van der Waals surface area contributed by atoms with Gasteiger partial charge in [0.05, 0.1) is 36.2 Å². The van der Waals surface area contributed by atoms with Crippen LogP contribution in [0.1, 0.15) is 36.6 Å². The lowest BCUT2D eigenvalue weighted by Gasteiger charge is -2.19. The molecule has 0 spiro atoms. The molecule has 3 aromatic heterocycles. The highest BCUT2D eigenvalue weighted by Crippen LogP contribution is 2.46. The Labute approximate surface area is 341 Å². The molecule has 4 amide bonds. The maximum atomic E-state index is 14.5. The topological polar surface area (TPSA) is 131 Å². The van der Waals surface area contributed by atoms with Crippen molar-refractivity contribution in [3.8, 4) is 33.9 Å². The standard InChI is InChI=1S/C47H42FN9O2/c1-6-14-33-28(3)29(4)34(15-7-2)43(33)53-47(59)52-40-25-39(45-49-22-23-56(45)5)55-57(40)27-31-18-13-21-37-41(31)35-19-11-12-20-36(35)44(37)54-46(58)51-38-24-32(48)26-50-42(38)30-16-9-8-10-17-30/h6-26,43-44H,1,3,27H2,2,4-5H3,(H2,51,54,58)(H2,52,53,59). The smallest absolute Gasteiger partial charge is 0.321 e. The van der Waals surface area contributed by atoms with Crippen molar-refractivity contribution in [1.82, 2.24) is 34.9 Å². The minimum absolute atomic E-state index is 0.246. The Morgan fingerprint density at radius 1 is 0.915 bits per heavy atom. The van der Waals surface area contributed by atoms with Gasteiger partial charge in [-0.05, 0) is 64.0 Å². The lowest BCUT2D eigenvalue weighted by atomic mass is 9.99. The number of fused-ring (bicyclic) bond motifs is 3. The fraction of sp³-hybridized carbons (Fsp3) is 0.128. The average Bonchev–Trinajstić information content (AvgIpc) is 3.97. The first-order valence-corrected chi connectivity index (χ1v) is 19.1. The number of nitrogens with one attached hydrogen (secondary N) is 4. The lowest BCUT2D eigenvalue weighted by Crippen LogP contribution is -2.39. The summed E-state index contributed by atoms with van der Waals surface area (Å²) in [5.74, 6) is 0.518. The van der Waals surface area contributed by atoms with Crippen LogP contribution in [0.3, 0.4) is 0 Å². The third-order valence-electron chi connectivity index (χ3n) is 10.6. The Balaban J connectivity index is 1.11. The van der Waals surface area contributed by atoms with Gasteiger partial charge in [-0.25, -0.2) is 23.6 Å². The van der Waals surface area contributed by atoms with Crippen LogP contribution >= 0.6 is 0 Å². The number of urea groups is 2. The maximum absolute atomic E-state index is 14.5. The number of pyridine rings is 1. The SMILES string of the molecule is C=CC=C1C(=C)C(C)=C(C=CC)C1NC(=O)Nc1cc(-c2nccn2C)nn1Cc1cccc2c1-c1ccccc1C2NC(=O)Nc1cc(F)cnc1-c1ccccc1. The second-order valence-electron chi connectivity index (χ2n) is 14.3. The van der Waals surface area contributed by atoms with E-state index in [1.165, 1.54) is 6.07 Å². The zero-order valence-electron chi connectivity index (χ0n) is 32.8. The van der Waals surface area contributed by atoms with Gasteiger partial charge in [0, 0.05) is 37.1 Å². The summed E-state index contributed by atoms with van der Waals surface area (Å²) < 4.78 is 18.1. The van der Waals surface area contributed by atoms with Gasteiger partial charge >= 0.3 is 12.1 Å². The van der Waals surface area contributed by atoms with Crippen LogP contribution in [0, 0.1) is 5.82 Å². The van der Waals surface area contributed by atoms with Gasteiger partial charge in [0.15, 0.2) is 5.82 Å². The molecule has 8 rings (SSSR count). The number of nitrogens with zero attached hydrogens (tertiary/aromatic N) is 5. The van der Waals surface area contributed by atoms with Crippen LogP contribution in [0.4, 0.5) is 25.5 Å². The van der Waals surface area contributed by atoms with Gasteiger partial charge in [-0.3, -0.25) is 10.3 Å². The van der Waals surface area contributed by atoms with Crippen LogP contribution in [0.25, 0.3) is 33.9 Å². The minimum Gasteiger partial charge on any atom is -0.333 e. The summed E-state index contributed by atoms with van der Waals surface area (Å²) >= 11 is 0. The first-order valence-electron chi connectivity index (χ1n) is 19.1. The predicted molar refractivity (Wildman–Crippen MR) is 230 cm³/mol. The van der Waals surface area contributed by atoms with Crippen molar-refractivity contribution in [3.05, 3.63) is 186 Å². The summed E-state index contributed by atoms with van der Waals surface area (Å²) in [6.45, 7) is 12.3. The Morgan fingerprint density at radius 3 is 2.42 bits per heavy atom. The molecule has 6 aromatic rings. The Kier molecular flexibility index (Phi) is 10.4. The molecule has 0 radical (unpaired) electrons. The first-order chi connectivity index (χ1) is 28.6. The number of allylic oxidation sites excluding steroid dienone is 4. The largest absolute Gasteiger partial charge is 0.333 e. The first kappa shape index (κ1) is 38.3. The van der Waals surface area contributed by atoms with Crippen LogP contribution in [-0.2, 0) is 13.6 Å². The second-order valence-corrected chi connectivity index (χ2v) is 14.3. The summed E-state index contributed by atoms with van der Waals surface area (Å²) in [5.41, 5.74) is 10.2. The number of amides is 4. The van der Waals surface area contributed by atoms with Gasteiger partial charge < -0.3 is 20.5 Å². The Bertz CT molecular complexity index is 2740. The summed E-state index contributed by atoms with van der Waals surface area (Å²) in [5, 5.41) is 17.2. The molecule has 4 N–H and O–H groups in total. The molecule has 3 aromatic carbocycles. The van der Waals surface area contributed by atoms with E-state index in [1.54, 1.807) is 23.0 Å². The number of aromatic nitrogens is 5. The number of anilines is 2. The molecule has 3 heterocycles. The molecular weight excluding hydrogens is 742 g/mol. The van der Waals surface area contributed by atoms with E-state index in [1.807, 2.05) is 123 Å². The number of carbonyl (C=O) groups is 2. The number of hydrogen-bond acceptors (Lipinski definition) is 5. The quantitative estimate of drug-likeness (QED) is 0.110. The van der Waals surface area contributed by atoms with Crippen LogP contribution in [-0.4, -0.2) is 42.4 Å². The normalized spacial score (nSPS) is 16.3. The van der Waals surface area contributed by atoms with E-state index < -0.39 is 30.0 Å². The maximum Gasteiger partial charge on any atom is 0.321 e. The average molecular weight is 784 g/mol. The third kappa shape index (κ3) is 7.39. The zero-order chi connectivity index (χ0) is 41.2.